The Labute approximate surface area is 107 Å². The highest BCUT2D eigenvalue weighted by Crippen LogP contribution is 2.19. The molecule has 0 saturated carbocycles. The van der Waals surface area contributed by atoms with E-state index in [1.807, 2.05) is 12.1 Å². The summed E-state index contributed by atoms with van der Waals surface area (Å²) in [6.07, 6.45) is 0. The zero-order valence-electron chi connectivity index (χ0n) is 10.2. The molecule has 3 nitrogen and oxygen atoms in total. The average Bonchev–Trinajstić information content (AvgIpc) is 2.28. The number of benzene rings is 1. The van der Waals surface area contributed by atoms with Crippen LogP contribution in [0.15, 0.2) is 18.2 Å². The lowest BCUT2D eigenvalue weighted by Crippen LogP contribution is -2.12. The maximum atomic E-state index is 8.73. The smallest absolute Gasteiger partial charge is 0.101 e. The van der Waals surface area contributed by atoms with Gasteiger partial charge in [-0.1, -0.05) is 25.4 Å². The fraction of sp³-hybridized carbons (Fsp3) is 0.462. The highest BCUT2D eigenvalue weighted by atomic mass is 35.5. The largest absolute Gasteiger partial charge is 0.383 e. The summed E-state index contributed by atoms with van der Waals surface area (Å²) in [6, 6.07) is 7.33. The van der Waals surface area contributed by atoms with E-state index in [0.29, 0.717) is 23.1 Å². The van der Waals surface area contributed by atoms with Crippen LogP contribution in [0.2, 0.25) is 5.02 Å². The van der Waals surface area contributed by atoms with Crippen LogP contribution in [0, 0.1) is 17.2 Å². The first kappa shape index (κ1) is 13.8. The van der Waals surface area contributed by atoms with E-state index in [2.05, 4.69) is 19.2 Å². The van der Waals surface area contributed by atoms with Crippen molar-refractivity contribution in [1.82, 2.24) is 0 Å². The second kappa shape index (κ2) is 7.16. The Morgan fingerprint density at radius 1 is 1.47 bits per heavy atom. The SMILES string of the molecule is CC(C)COCCNc1ccc(C#N)c(Cl)c1. The van der Waals surface area contributed by atoms with Crippen LogP contribution in [-0.4, -0.2) is 19.8 Å². The lowest BCUT2D eigenvalue weighted by Gasteiger charge is -2.09. The lowest BCUT2D eigenvalue weighted by atomic mass is 10.2. The summed E-state index contributed by atoms with van der Waals surface area (Å²) in [5.74, 6) is 0.555. The van der Waals surface area contributed by atoms with Crippen LogP contribution in [0.4, 0.5) is 5.69 Å². The third-order valence-electron chi connectivity index (χ3n) is 2.12. The first-order valence-corrected chi connectivity index (χ1v) is 6.02. The molecule has 0 unspecified atom stereocenters. The number of ether oxygens (including phenoxy) is 1. The predicted molar refractivity (Wildman–Crippen MR) is 70.3 cm³/mol. The molecule has 0 radical (unpaired) electrons. The van der Waals surface area contributed by atoms with Gasteiger partial charge in [0.2, 0.25) is 0 Å². The molecule has 0 bridgehead atoms. The maximum absolute atomic E-state index is 8.73. The third kappa shape index (κ3) is 5.08. The van der Waals surface area contributed by atoms with E-state index in [9.17, 15) is 0 Å². The van der Waals surface area contributed by atoms with Gasteiger partial charge in [0.1, 0.15) is 6.07 Å². The van der Waals surface area contributed by atoms with E-state index in [1.165, 1.54) is 0 Å². The van der Waals surface area contributed by atoms with Crippen LogP contribution in [0.5, 0.6) is 0 Å². The number of hydrogen-bond acceptors (Lipinski definition) is 3. The molecule has 0 aliphatic carbocycles. The number of hydrogen-bond donors (Lipinski definition) is 1. The molecule has 1 aromatic rings. The molecule has 0 aliphatic rings. The fourth-order valence-electron chi connectivity index (χ4n) is 1.30. The van der Waals surface area contributed by atoms with Gasteiger partial charge >= 0.3 is 0 Å². The number of halogens is 1. The molecule has 17 heavy (non-hydrogen) atoms. The van der Waals surface area contributed by atoms with Gasteiger partial charge in [0.15, 0.2) is 0 Å². The van der Waals surface area contributed by atoms with Crippen molar-refractivity contribution >= 4 is 17.3 Å². The number of anilines is 1. The van der Waals surface area contributed by atoms with Crippen molar-refractivity contribution in [3.63, 3.8) is 0 Å². The molecule has 0 spiro atoms. The minimum atomic E-state index is 0.473. The minimum Gasteiger partial charge on any atom is -0.383 e. The molecule has 4 heteroatoms. The summed E-state index contributed by atoms with van der Waals surface area (Å²) in [6.45, 7) is 6.40. The molecule has 0 aliphatic heterocycles. The first-order chi connectivity index (χ1) is 8.13. The van der Waals surface area contributed by atoms with Crippen molar-refractivity contribution < 1.29 is 4.74 Å². The van der Waals surface area contributed by atoms with Crippen molar-refractivity contribution in [1.29, 1.82) is 5.26 Å². The Morgan fingerprint density at radius 2 is 2.24 bits per heavy atom. The first-order valence-electron chi connectivity index (χ1n) is 5.64. The Hall–Kier alpha value is -1.24. The zero-order valence-corrected chi connectivity index (χ0v) is 10.9. The van der Waals surface area contributed by atoms with Crippen molar-refractivity contribution in [3.8, 4) is 6.07 Å². The summed E-state index contributed by atoms with van der Waals surface area (Å²) >= 11 is 5.92. The molecule has 0 amide bonds. The van der Waals surface area contributed by atoms with Gasteiger partial charge in [-0.15, -0.1) is 0 Å². The van der Waals surface area contributed by atoms with Gasteiger partial charge in [-0.2, -0.15) is 5.26 Å². The van der Waals surface area contributed by atoms with Gasteiger partial charge < -0.3 is 10.1 Å². The second-order valence-electron chi connectivity index (χ2n) is 4.20. The van der Waals surface area contributed by atoms with Crippen LogP contribution < -0.4 is 5.32 Å². The molecule has 0 atom stereocenters. The summed E-state index contributed by atoms with van der Waals surface area (Å²) < 4.78 is 5.44. The monoisotopic (exact) mass is 252 g/mol. The van der Waals surface area contributed by atoms with Crippen LogP contribution in [0.3, 0.4) is 0 Å². The van der Waals surface area contributed by atoms with Crippen LogP contribution in [-0.2, 0) is 4.74 Å². The molecule has 0 aromatic heterocycles. The molecule has 1 aromatic carbocycles. The summed E-state index contributed by atoms with van der Waals surface area (Å²) in [7, 11) is 0. The molecule has 0 saturated heterocycles. The van der Waals surface area contributed by atoms with Crippen LogP contribution in [0.1, 0.15) is 19.4 Å². The van der Waals surface area contributed by atoms with Gasteiger partial charge in [0.05, 0.1) is 17.2 Å². The van der Waals surface area contributed by atoms with Crippen LogP contribution in [0.25, 0.3) is 0 Å². The predicted octanol–water partition coefficient (Wildman–Crippen LogP) is 3.30. The van der Waals surface area contributed by atoms with Crippen molar-refractivity contribution in [2.75, 3.05) is 25.1 Å². The quantitative estimate of drug-likeness (QED) is 0.790. The van der Waals surface area contributed by atoms with E-state index in [4.69, 9.17) is 21.6 Å². The van der Waals surface area contributed by atoms with Gasteiger partial charge in [-0.25, -0.2) is 0 Å². The Kier molecular flexibility index (Phi) is 5.82. The molecule has 0 fully saturated rings. The van der Waals surface area contributed by atoms with Crippen LogP contribution >= 0.6 is 11.6 Å². The standard InChI is InChI=1S/C13H17ClN2O/c1-10(2)9-17-6-5-16-12-4-3-11(8-15)13(14)7-12/h3-4,7,10,16H,5-6,9H2,1-2H3. The summed E-state index contributed by atoms with van der Waals surface area (Å²) in [5.41, 5.74) is 1.40. The second-order valence-corrected chi connectivity index (χ2v) is 4.61. The van der Waals surface area contributed by atoms with E-state index in [1.54, 1.807) is 12.1 Å². The number of nitriles is 1. The highest BCUT2D eigenvalue weighted by molar-refractivity contribution is 6.32. The van der Waals surface area contributed by atoms with Crippen molar-refractivity contribution in [2.45, 2.75) is 13.8 Å². The number of nitrogens with zero attached hydrogens (tertiary/aromatic N) is 1. The van der Waals surface area contributed by atoms with E-state index < -0.39 is 0 Å². The Morgan fingerprint density at radius 3 is 2.82 bits per heavy atom. The summed E-state index contributed by atoms with van der Waals surface area (Å²) in [4.78, 5) is 0. The minimum absolute atomic E-state index is 0.473. The molecule has 1 N–H and O–H groups in total. The van der Waals surface area contributed by atoms with E-state index >= 15 is 0 Å². The Balaban J connectivity index is 2.33. The summed E-state index contributed by atoms with van der Waals surface area (Å²) in [5, 5.41) is 12.4. The molecule has 92 valence electrons. The molecular weight excluding hydrogens is 236 g/mol. The zero-order chi connectivity index (χ0) is 12.7. The highest BCUT2D eigenvalue weighted by Gasteiger charge is 2.00. The van der Waals surface area contributed by atoms with E-state index in [-0.39, 0.29) is 0 Å². The van der Waals surface area contributed by atoms with Gasteiger partial charge in [-0.3, -0.25) is 0 Å². The topological polar surface area (TPSA) is 45.0 Å². The molecule has 0 heterocycles. The normalized spacial score (nSPS) is 10.3. The third-order valence-corrected chi connectivity index (χ3v) is 2.43. The van der Waals surface area contributed by atoms with Gasteiger partial charge in [0.25, 0.3) is 0 Å². The lowest BCUT2D eigenvalue weighted by molar-refractivity contribution is 0.118. The van der Waals surface area contributed by atoms with E-state index in [0.717, 1.165) is 18.8 Å². The van der Waals surface area contributed by atoms with Crippen molar-refractivity contribution in [2.24, 2.45) is 5.92 Å². The maximum Gasteiger partial charge on any atom is 0.101 e. The Bertz CT molecular complexity index is 399. The number of nitrogens with one attached hydrogen (secondary N) is 1. The average molecular weight is 253 g/mol. The number of rotatable bonds is 6. The fourth-order valence-corrected chi connectivity index (χ4v) is 1.53. The molecule has 1 rings (SSSR count). The van der Waals surface area contributed by atoms with Crippen molar-refractivity contribution in [3.05, 3.63) is 28.8 Å². The van der Waals surface area contributed by atoms with Gasteiger partial charge in [-0.05, 0) is 24.1 Å². The van der Waals surface area contributed by atoms with Gasteiger partial charge in [0, 0.05) is 18.8 Å². The molecular formula is C13H17ClN2O.